The first-order valence-electron chi connectivity index (χ1n) is 5.33. The van der Waals surface area contributed by atoms with Crippen LogP contribution in [0.4, 0.5) is 11.4 Å². The number of nitrogen functional groups attached to an aromatic ring is 1. The van der Waals surface area contributed by atoms with E-state index in [0.29, 0.717) is 5.69 Å². The van der Waals surface area contributed by atoms with Crippen LogP contribution >= 0.6 is 31.9 Å². The molecular formula is C13H10Br2N2O2. The van der Waals surface area contributed by atoms with Gasteiger partial charge in [-0.1, -0.05) is 22.0 Å². The summed E-state index contributed by atoms with van der Waals surface area (Å²) in [6.45, 7) is 0. The number of benzene rings is 2. The normalized spacial score (nSPS) is 10.2. The molecule has 4 N–H and O–H groups in total. The maximum absolute atomic E-state index is 12.1. The van der Waals surface area contributed by atoms with Crippen LogP contribution in [0.1, 0.15) is 10.4 Å². The molecule has 0 aliphatic rings. The highest BCUT2D eigenvalue weighted by Crippen LogP contribution is 2.29. The fraction of sp³-hybridized carbons (Fsp3) is 0. The number of para-hydroxylation sites is 1. The van der Waals surface area contributed by atoms with Gasteiger partial charge in [0, 0.05) is 8.95 Å². The molecule has 2 rings (SSSR count). The Kier molecular flexibility index (Phi) is 4.11. The number of rotatable bonds is 2. The van der Waals surface area contributed by atoms with Gasteiger partial charge in [-0.2, -0.15) is 0 Å². The van der Waals surface area contributed by atoms with Crippen molar-refractivity contribution in [3.05, 3.63) is 50.9 Å². The summed E-state index contributed by atoms with van der Waals surface area (Å²) >= 11 is 6.67. The number of hydrogen-bond donors (Lipinski definition) is 3. The maximum atomic E-state index is 12.1. The second kappa shape index (κ2) is 5.63. The molecule has 0 heterocycles. The van der Waals surface area contributed by atoms with Crippen LogP contribution in [0.15, 0.2) is 45.3 Å². The van der Waals surface area contributed by atoms with Crippen LogP contribution in [0.3, 0.4) is 0 Å². The first-order valence-corrected chi connectivity index (χ1v) is 6.91. The zero-order valence-corrected chi connectivity index (χ0v) is 12.8. The monoisotopic (exact) mass is 384 g/mol. The van der Waals surface area contributed by atoms with Gasteiger partial charge in [0.15, 0.2) is 5.75 Å². The van der Waals surface area contributed by atoms with E-state index in [0.717, 1.165) is 8.95 Å². The van der Waals surface area contributed by atoms with Gasteiger partial charge >= 0.3 is 0 Å². The van der Waals surface area contributed by atoms with E-state index in [4.69, 9.17) is 5.73 Å². The molecule has 19 heavy (non-hydrogen) atoms. The molecular weight excluding hydrogens is 376 g/mol. The Labute approximate surface area is 126 Å². The van der Waals surface area contributed by atoms with Gasteiger partial charge in [-0.15, -0.1) is 0 Å². The minimum Gasteiger partial charge on any atom is -0.505 e. The highest BCUT2D eigenvalue weighted by molar-refractivity contribution is 9.11. The summed E-state index contributed by atoms with van der Waals surface area (Å²) in [6, 6.07) is 10.1. The van der Waals surface area contributed by atoms with Gasteiger partial charge in [0.05, 0.1) is 16.9 Å². The third-order valence-electron chi connectivity index (χ3n) is 2.49. The van der Waals surface area contributed by atoms with Crippen molar-refractivity contribution >= 4 is 49.1 Å². The maximum Gasteiger partial charge on any atom is 0.259 e. The Balaban J connectivity index is 2.31. The lowest BCUT2D eigenvalue weighted by molar-refractivity contribution is 0.102. The van der Waals surface area contributed by atoms with Gasteiger partial charge in [0.25, 0.3) is 5.91 Å². The fourth-order valence-corrected chi connectivity index (χ4v) is 2.23. The number of amides is 1. The Morgan fingerprint density at radius 1 is 1.21 bits per heavy atom. The average molecular weight is 386 g/mol. The summed E-state index contributed by atoms with van der Waals surface area (Å²) in [5.41, 5.74) is 6.46. The number of nitrogens with two attached hydrogens (primary N) is 1. The highest BCUT2D eigenvalue weighted by atomic mass is 79.9. The molecule has 0 aromatic heterocycles. The molecule has 0 radical (unpaired) electrons. The lowest BCUT2D eigenvalue weighted by Crippen LogP contribution is -2.13. The molecule has 0 spiro atoms. The quantitative estimate of drug-likeness (QED) is 0.544. The van der Waals surface area contributed by atoms with E-state index in [1.54, 1.807) is 18.2 Å². The van der Waals surface area contributed by atoms with Crippen molar-refractivity contribution in [3.8, 4) is 5.75 Å². The van der Waals surface area contributed by atoms with Crippen LogP contribution in [-0.4, -0.2) is 11.0 Å². The number of anilines is 2. The summed E-state index contributed by atoms with van der Waals surface area (Å²) in [7, 11) is 0. The first kappa shape index (κ1) is 13.9. The van der Waals surface area contributed by atoms with Gasteiger partial charge in [0.2, 0.25) is 0 Å². The Hall–Kier alpha value is -1.53. The van der Waals surface area contributed by atoms with Crippen molar-refractivity contribution < 1.29 is 9.90 Å². The van der Waals surface area contributed by atoms with Gasteiger partial charge in [-0.3, -0.25) is 4.79 Å². The molecule has 0 saturated carbocycles. The van der Waals surface area contributed by atoms with Crippen LogP contribution in [0.25, 0.3) is 0 Å². The van der Waals surface area contributed by atoms with Gasteiger partial charge in [-0.05, 0) is 46.3 Å². The molecule has 2 aromatic rings. The van der Waals surface area contributed by atoms with Crippen molar-refractivity contribution in [2.24, 2.45) is 0 Å². The topological polar surface area (TPSA) is 75.4 Å². The number of nitrogens with one attached hydrogen (secondary N) is 1. The number of aromatic hydroxyl groups is 1. The second-order valence-electron chi connectivity index (χ2n) is 3.82. The summed E-state index contributed by atoms with van der Waals surface area (Å²) in [6.07, 6.45) is 0. The molecule has 2 aromatic carbocycles. The van der Waals surface area contributed by atoms with Crippen LogP contribution in [0.5, 0.6) is 5.75 Å². The van der Waals surface area contributed by atoms with Crippen LogP contribution in [0, 0.1) is 0 Å². The van der Waals surface area contributed by atoms with Crippen molar-refractivity contribution in [1.29, 1.82) is 0 Å². The van der Waals surface area contributed by atoms with Gasteiger partial charge in [0.1, 0.15) is 0 Å². The Morgan fingerprint density at radius 3 is 2.68 bits per heavy atom. The van der Waals surface area contributed by atoms with E-state index < -0.39 is 5.91 Å². The molecule has 0 bridgehead atoms. The second-order valence-corrected chi connectivity index (χ2v) is 5.59. The zero-order chi connectivity index (χ0) is 14.0. The third kappa shape index (κ3) is 3.08. The van der Waals surface area contributed by atoms with Crippen LogP contribution in [-0.2, 0) is 0 Å². The predicted octanol–water partition coefficient (Wildman–Crippen LogP) is 3.75. The van der Waals surface area contributed by atoms with Crippen LogP contribution < -0.4 is 11.1 Å². The first-order chi connectivity index (χ1) is 8.99. The summed E-state index contributed by atoms with van der Waals surface area (Å²) in [4.78, 5) is 12.1. The molecule has 0 aliphatic heterocycles. The summed E-state index contributed by atoms with van der Waals surface area (Å²) in [5, 5.41) is 12.5. The van der Waals surface area contributed by atoms with E-state index in [9.17, 15) is 9.90 Å². The molecule has 0 atom stereocenters. The smallest absolute Gasteiger partial charge is 0.259 e. The standard InChI is InChI=1S/C13H10Br2N2O2/c14-7-4-5-9(15)11(6-7)17-13(19)8-2-1-3-10(16)12(8)18/h1-6,18H,16H2,(H,17,19). The highest BCUT2D eigenvalue weighted by Gasteiger charge is 2.14. The van der Waals surface area contributed by atoms with E-state index in [2.05, 4.69) is 37.2 Å². The Bertz CT molecular complexity index is 645. The Morgan fingerprint density at radius 2 is 1.95 bits per heavy atom. The van der Waals surface area contributed by atoms with E-state index >= 15 is 0 Å². The molecule has 0 unspecified atom stereocenters. The molecule has 6 heteroatoms. The number of phenolic OH excluding ortho intramolecular Hbond substituents is 1. The molecule has 0 fully saturated rings. The minimum absolute atomic E-state index is 0.131. The third-order valence-corrected chi connectivity index (χ3v) is 3.67. The average Bonchev–Trinajstić information content (AvgIpc) is 2.37. The lowest BCUT2D eigenvalue weighted by atomic mass is 10.1. The summed E-state index contributed by atoms with van der Waals surface area (Å²) in [5.74, 6) is -0.644. The van der Waals surface area contributed by atoms with E-state index in [-0.39, 0.29) is 17.0 Å². The molecule has 1 amide bonds. The van der Waals surface area contributed by atoms with E-state index in [1.807, 2.05) is 6.07 Å². The number of carbonyl (C=O) groups is 1. The SMILES string of the molecule is Nc1cccc(C(=O)Nc2cc(Br)ccc2Br)c1O. The number of carbonyl (C=O) groups excluding carboxylic acids is 1. The van der Waals surface area contributed by atoms with Crippen LogP contribution in [0.2, 0.25) is 0 Å². The zero-order valence-electron chi connectivity index (χ0n) is 9.65. The number of halogens is 2. The molecule has 0 aliphatic carbocycles. The number of hydrogen-bond acceptors (Lipinski definition) is 3. The minimum atomic E-state index is -0.427. The van der Waals surface area contributed by atoms with E-state index in [1.165, 1.54) is 12.1 Å². The number of phenols is 1. The molecule has 0 saturated heterocycles. The van der Waals surface area contributed by atoms with Crippen molar-refractivity contribution in [3.63, 3.8) is 0 Å². The van der Waals surface area contributed by atoms with Crippen molar-refractivity contribution in [1.82, 2.24) is 0 Å². The lowest BCUT2D eigenvalue weighted by Gasteiger charge is -2.10. The fourth-order valence-electron chi connectivity index (χ4n) is 1.53. The molecule has 4 nitrogen and oxygen atoms in total. The van der Waals surface area contributed by atoms with Crippen molar-refractivity contribution in [2.75, 3.05) is 11.1 Å². The van der Waals surface area contributed by atoms with Gasteiger partial charge < -0.3 is 16.2 Å². The molecule has 98 valence electrons. The largest absolute Gasteiger partial charge is 0.505 e. The predicted molar refractivity (Wildman–Crippen MR) is 82.3 cm³/mol. The van der Waals surface area contributed by atoms with Gasteiger partial charge in [-0.25, -0.2) is 0 Å². The summed E-state index contributed by atoms with van der Waals surface area (Å²) < 4.78 is 1.58. The van der Waals surface area contributed by atoms with Crippen molar-refractivity contribution in [2.45, 2.75) is 0 Å².